The van der Waals surface area contributed by atoms with Crippen molar-refractivity contribution < 1.29 is 32.9 Å². The number of aliphatic hydroxyl groups is 2. The molecule has 4 unspecified atom stereocenters. The topological polar surface area (TPSA) is 89.6 Å². The van der Waals surface area contributed by atoms with Crippen molar-refractivity contribution in [1.82, 2.24) is 15.0 Å². The number of methoxy groups -OCH3 is 1. The maximum absolute atomic E-state index is 13.6. The summed E-state index contributed by atoms with van der Waals surface area (Å²) in [5.41, 5.74) is 0.937. The number of aliphatic hydroxyl groups excluding tert-OH is 2. The van der Waals surface area contributed by atoms with Gasteiger partial charge in [0.2, 0.25) is 0 Å². The third kappa shape index (κ3) is 4.14. The van der Waals surface area contributed by atoms with Crippen LogP contribution in [-0.4, -0.2) is 51.1 Å². The van der Waals surface area contributed by atoms with Crippen molar-refractivity contribution in [3.8, 4) is 17.0 Å². The highest BCUT2D eigenvalue weighted by molar-refractivity contribution is 5.57. The molecule has 0 saturated carbocycles. The first-order chi connectivity index (χ1) is 14.9. The minimum atomic E-state index is -1.57. The van der Waals surface area contributed by atoms with Gasteiger partial charge in [0.1, 0.15) is 23.7 Å². The standard InChI is InChI=1S/C21H20F3N3O4/c1-30-13-4-2-11(3-5-13)18-8-17(21(29)19(10-28)31-18)27-9-16(25-26-27)12-6-14(22)20(24)15(23)7-12/h2-7,9,17-19,21,28-29H,8,10H2,1H3. The highest BCUT2D eigenvalue weighted by atomic mass is 19.2. The Morgan fingerprint density at radius 2 is 1.84 bits per heavy atom. The summed E-state index contributed by atoms with van der Waals surface area (Å²) in [6.07, 6.45) is -0.719. The summed E-state index contributed by atoms with van der Waals surface area (Å²) in [4.78, 5) is 0. The Morgan fingerprint density at radius 3 is 2.45 bits per heavy atom. The van der Waals surface area contributed by atoms with Crippen LogP contribution in [0.15, 0.2) is 42.6 Å². The van der Waals surface area contributed by atoms with Gasteiger partial charge in [-0.3, -0.25) is 0 Å². The predicted octanol–water partition coefficient (Wildman–Crippen LogP) is 2.80. The van der Waals surface area contributed by atoms with Crippen LogP contribution in [0.1, 0.15) is 24.1 Å². The highest BCUT2D eigenvalue weighted by Gasteiger charge is 2.39. The SMILES string of the molecule is COc1ccc(C2CC(n3cc(-c4cc(F)c(F)c(F)c4)nn3)C(O)C(CO)O2)cc1. The molecule has 3 aromatic rings. The molecule has 1 aliphatic rings. The van der Waals surface area contributed by atoms with Crippen molar-refractivity contribution in [2.75, 3.05) is 13.7 Å². The Labute approximate surface area is 175 Å². The van der Waals surface area contributed by atoms with Gasteiger partial charge in [-0.25, -0.2) is 17.9 Å². The minimum Gasteiger partial charge on any atom is -0.497 e. The summed E-state index contributed by atoms with van der Waals surface area (Å²) in [5.74, 6) is -3.57. The Hall–Kier alpha value is -2.95. The van der Waals surface area contributed by atoms with Crippen LogP contribution in [-0.2, 0) is 4.74 Å². The van der Waals surface area contributed by atoms with E-state index < -0.39 is 48.4 Å². The molecule has 0 amide bonds. The number of halogens is 3. The number of aromatic nitrogens is 3. The average Bonchev–Trinajstić information content (AvgIpc) is 3.27. The van der Waals surface area contributed by atoms with E-state index in [9.17, 15) is 23.4 Å². The Kier molecular flexibility index (Phi) is 5.94. The van der Waals surface area contributed by atoms with Gasteiger partial charge in [0.05, 0.1) is 32.1 Å². The van der Waals surface area contributed by atoms with E-state index in [1.165, 1.54) is 10.9 Å². The van der Waals surface area contributed by atoms with E-state index in [1.807, 2.05) is 12.1 Å². The van der Waals surface area contributed by atoms with Gasteiger partial charge in [0.25, 0.3) is 0 Å². The molecule has 1 aliphatic heterocycles. The average molecular weight is 435 g/mol. The van der Waals surface area contributed by atoms with Crippen LogP contribution < -0.4 is 4.74 Å². The number of hydrogen-bond acceptors (Lipinski definition) is 6. The Balaban J connectivity index is 1.62. The van der Waals surface area contributed by atoms with Gasteiger partial charge in [-0.1, -0.05) is 17.3 Å². The molecule has 10 heteroatoms. The molecule has 0 spiro atoms. The first-order valence-corrected chi connectivity index (χ1v) is 9.56. The third-order valence-electron chi connectivity index (χ3n) is 5.37. The van der Waals surface area contributed by atoms with Crippen LogP contribution >= 0.6 is 0 Å². The van der Waals surface area contributed by atoms with Crippen LogP contribution in [0.2, 0.25) is 0 Å². The molecule has 4 rings (SSSR count). The zero-order valence-corrected chi connectivity index (χ0v) is 16.5. The van der Waals surface area contributed by atoms with E-state index in [4.69, 9.17) is 9.47 Å². The zero-order valence-electron chi connectivity index (χ0n) is 16.5. The second kappa shape index (κ2) is 8.66. The lowest BCUT2D eigenvalue weighted by Gasteiger charge is -2.38. The van der Waals surface area contributed by atoms with Crippen molar-refractivity contribution >= 4 is 0 Å². The molecule has 1 fully saturated rings. The number of hydrogen-bond donors (Lipinski definition) is 2. The lowest BCUT2D eigenvalue weighted by Crippen LogP contribution is -2.45. The van der Waals surface area contributed by atoms with Gasteiger partial charge >= 0.3 is 0 Å². The molecule has 7 nitrogen and oxygen atoms in total. The van der Waals surface area contributed by atoms with Gasteiger partial charge in [0, 0.05) is 12.0 Å². The normalized spacial score (nSPS) is 23.7. The lowest BCUT2D eigenvalue weighted by atomic mass is 9.92. The molecule has 4 atom stereocenters. The van der Waals surface area contributed by atoms with Crippen LogP contribution in [0.4, 0.5) is 13.2 Å². The molecule has 2 N–H and O–H groups in total. The number of nitrogens with zero attached hydrogens (tertiary/aromatic N) is 3. The van der Waals surface area contributed by atoms with Gasteiger partial charge in [0.15, 0.2) is 17.5 Å². The summed E-state index contributed by atoms with van der Waals surface area (Å²) < 4.78 is 52.8. The van der Waals surface area contributed by atoms with Gasteiger partial charge < -0.3 is 19.7 Å². The van der Waals surface area contributed by atoms with E-state index in [0.29, 0.717) is 12.2 Å². The monoisotopic (exact) mass is 435 g/mol. The summed E-state index contributed by atoms with van der Waals surface area (Å²) >= 11 is 0. The Bertz CT molecular complexity index is 1040. The molecular weight excluding hydrogens is 415 g/mol. The molecule has 2 heterocycles. The van der Waals surface area contributed by atoms with E-state index in [0.717, 1.165) is 17.7 Å². The molecular formula is C21H20F3N3O4. The third-order valence-corrected chi connectivity index (χ3v) is 5.37. The molecule has 0 bridgehead atoms. The maximum atomic E-state index is 13.6. The van der Waals surface area contributed by atoms with E-state index in [1.54, 1.807) is 19.2 Å². The fraction of sp³-hybridized carbons (Fsp3) is 0.333. The fourth-order valence-corrected chi connectivity index (χ4v) is 3.68. The molecule has 164 valence electrons. The molecule has 2 aromatic carbocycles. The number of ether oxygens (including phenoxy) is 2. The van der Waals surface area contributed by atoms with E-state index in [2.05, 4.69) is 10.3 Å². The van der Waals surface area contributed by atoms with E-state index in [-0.39, 0.29) is 11.3 Å². The zero-order chi connectivity index (χ0) is 22.1. The second-order valence-electron chi connectivity index (χ2n) is 7.25. The van der Waals surface area contributed by atoms with Gasteiger partial charge in [-0.15, -0.1) is 5.10 Å². The van der Waals surface area contributed by atoms with Crippen LogP contribution in [0.25, 0.3) is 11.3 Å². The highest BCUT2D eigenvalue weighted by Crippen LogP contribution is 2.38. The quantitative estimate of drug-likeness (QED) is 0.599. The van der Waals surface area contributed by atoms with Crippen molar-refractivity contribution in [3.05, 3.63) is 65.6 Å². The lowest BCUT2D eigenvalue weighted by molar-refractivity contribution is -0.158. The van der Waals surface area contributed by atoms with E-state index >= 15 is 0 Å². The minimum absolute atomic E-state index is 0.00890. The summed E-state index contributed by atoms with van der Waals surface area (Å²) in [5, 5.41) is 28.2. The van der Waals surface area contributed by atoms with Crippen molar-refractivity contribution in [2.45, 2.75) is 30.8 Å². The van der Waals surface area contributed by atoms with Crippen molar-refractivity contribution in [2.24, 2.45) is 0 Å². The van der Waals surface area contributed by atoms with Gasteiger partial charge in [-0.05, 0) is 29.8 Å². The largest absolute Gasteiger partial charge is 0.497 e. The Morgan fingerprint density at radius 1 is 1.16 bits per heavy atom. The molecule has 0 aliphatic carbocycles. The van der Waals surface area contributed by atoms with Crippen LogP contribution in [0, 0.1) is 17.5 Å². The number of rotatable bonds is 5. The predicted molar refractivity (Wildman–Crippen MR) is 103 cm³/mol. The van der Waals surface area contributed by atoms with Crippen molar-refractivity contribution in [1.29, 1.82) is 0 Å². The first-order valence-electron chi connectivity index (χ1n) is 9.56. The molecule has 0 radical (unpaired) electrons. The fourth-order valence-electron chi connectivity index (χ4n) is 3.68. The van der Waals surface area contributed by atoms with Crippen molar-refractivity contribution in [3.63, 3.8) is 0 Å². The smallest absolute Gasteiger partial charge is 0.194 e. The first kappa shape index (κ1) is 21.3. The second-order valence-corrected chi connectivity index (χ2v) is 7.25. The van der Waals surface area contributed by atoms with Crippen LogP contribution in [0.5, 0.6) is 5.75 Å². The number of benzene rings is 2. The molecule has 1 aromatic heterocycles. The maximum Gasteiger partial charge on any atom is 0.194 e. The summed E-state index contributed by atoms with van der Waals surface area (Å²) in [6.45, 7) is -0.416. The van der Waals surface area contributed by atoms with Crippen LogP contribution in [0.3, 0.4) is 0 Å². The van der Waals surface area contributed by atoms with Gasteiger partial charge in [-0.2, -0.15) is 0 Å². The summed E-state index contributed by atoms with van der Waals surface area (Å²) in [7, 11) is 1.56. The molecule has 31 heavy (non-hydrogen) atoms. The molecule has 1 saturated heterocycles. The summed E-state index contributed by atoms with van der Waals surface area (Å²) in [6, 6.07) is 8.21.